The zero-order valence-corrected chi connectivity index (χ0v) is 18.6. The minimum absolute atomic E-state index is 0.187. The van der Waals surface area contributed by atoms with Gasteiger partial charge in [0, 0.05) is 12.3 Å². The molecule has 0 saturated carbocycles. The van der Waals surface area contributed by atoms with Gasteiger partial charge < -0.3 is 0 Å². The quantitative estimate of drug-likeness (QED) is 0.200. The van der Waals surface area contributed by atoms with Gasteiger partial charge in [-0.05, 0) is 32.4 Å². The molecule has 25 heavy (non-hydrogen) atoms. The largest absolute Gasteiger partial charge is 0.294 e. The highest BCUT2D eigenvalue weighted by molar-refractivity contribution is 8.57. The third-order valence-corrected chi connectivity index (χ3v) is 10.1. The van der Waals surface area contributed by atoms with E-state index in [1.54, 1.807) is 20.2 Å². The molecule has 0 bridgehead atoms. The number of nitrogens with zero attached hydrogens (tertiary/aromatic N) is 1. The molecule has 4 nitrogen and oxygen atoms in total. The highest BCUT2D eigenvalue weighted by Crippen LogP contribution is 2.59. The number of rotatable bonds is 15. The van der Waals surface area contributed by atoms with Crippen molar-refractivity contribution in [3.05, 3.63) is 12.2 Å². The molecule has 0 aromatic heterocycles. The van der Waals surface area contributed by atoms with Crippen LogP contribution in [0.5, 0.6) is 0 Å². The molecule has 0 aliphatic carbocycles. The van der Waals surface area contributed by atoms with Crippen molar-refractivity contribution in [2.75, 3.05) is 14.1 Å². The van der Waals surface area contributed by atoms with E-state index < -0.39 is 6.65 Å². The van der Waals surface area contributed by atoms with Crippen molar-refractivity contribution in [1.82, 2.24) is 9.76 Å². The molecule has 0 aliphatic rings. The van der Waals surface area contributed by atoms with Gasteiger partial charge in [-0.1, -0.05) is 83.2 Å². The molecule has 0 fully saturated rings. The van der Waals surface area contributed by atoms with Crippen molar-refractivity contribution < 1.29 is 9.36 Å². The second-order valence-electron chi connectivity index (χ2n) is 6.60. The number of unbranched alkanes of at least 4 members (excludes halogenated alkanes) is 8. The van der Waals surface area contributed by atoms with E-state index in [9.17, 15) is 9.36 Å². The zero-order valence-electron chi connectivity index (χ0n) is 16.9. The maximum atomic E-state index is 12.9. The van der Waals surface area contributed by atoms with Crippen LogP contribution in [-0.4, -0.2) is 29.9 Å². The summed E-state index contributed by atoms with van der Waals surface area (Å²) in [5, 5.41) is 3.10. The van der Waals surface area contributed by atoms with E-state index in [1.807, 2.05) is 13.0 Å². The van der Waals surface area contributed by atoms with Gasteiger partial charge in [0.15, 0.2) is 0 Å². The fourth-order valence-corrected chi connectivity index (χ4v) is 6.81. The molecule has 0 saturated heterocycles. The Morgan fingerprint density at radius 2 is 1.68 bits per heavy atom. The molecular weight excluding hydrogens is 351 g/mol. The number of hydrogen-bond donors (Lipinski definition) is 1. The SMILES string of the molecule is CCCCCCCCCCC=CC(=O)N(C)P(=O)(NC)SC(C)CC. The second-order valence-corrected chi connectivity index (χ2v) is 11.8. The Balaban J connectivity index is 4.09. The number of likely N-dealkylation sites (N-methyl/N-ethyl adjacent to an activating group) is 1. The molecular formula is C19H39N2O2PS. The normalized spacial score (nSPS) is 15.2. The summed E-state index contributed by atoms with van der Waals surface area (Å²) in [4.78, 5) is 12.3. The molecule has 148 valence electrons. The zero-order chi connectivity index (χ0) is 19.1. The van der Waals surface area contributed by atoms with Gasteiger partial charge in [-0.2, -0.15) is 0 Å². The summed E-state index contributed by atoms with van der Waals surface area (Å²) in [7, 11) is 3.28. The first-order chi connectivity index (χ1) is 11.9. The summed E-state index contributed by atoms with van der Waals surface area (Å²) < 4.78 is 14.3. The lowest BCUT2D eigenvalue weighted by molar-refractivity contribution is -0.120. The van der Waals surface area contributed by atoms with E-state index in [-0.39, 0.29) is 11.2 Å². The lowest BCUT2D eigenvalue weighted by Crippen LogP contribution is -2.26. The standard InChI is InChI=1S/C19H39N2O2PS/c1-6-8-9-10-11-12-13-14-15-16-17-19(22)21(5)24(23,20-4)25-18(3)7-2/h16-18H,6-15H2,1-5H3,(H,20,23). The Bertz CT molecular complexity index is 430. The van der Waals surface area contributed by atoms with Crippen LogP contribution in [0.2, 0.25) is 0 Å². The first-order valence-electron chi connectivity index (χ1n) is 9.83. The third kappa shape index (κ3) is 11.1. The van der Waals surface area contributed by atoms with Crippen molar-refractivity contribution in [2.45, 2.75) is 90.2 Å². The monoisotopic (exact) mass is 390 g/mol. The third-order valence-electron chi connectivity index (χ3n) is 4.38. The van der Waals surface area contributed by atoms with Crippen molar-refractivity contribution >= 4 is 23.9 Å². The number of amides is 1. The van der Waals surface area contributed by atoms with Crippen LogP contribution >= 0.6 is 18.0 Å². The van der Waals surface area contributed by atoms with Gasteiger partial charge in [-0.15, -0.1) is 0 Å². The van der Waals surface area contributed by atoms with Crippen LogP contribution < -0.4 is 5.09 Å². The predicted octanol–water partition coefficient (Wildman–Crippen LogP) is 6.39. The van der Waals surface area contributed by atoms with Crippen LogP contribution in [0.25, 0.3) is 0 Å². The lowest BCUT2D eigenvalue weighted by atomic mass is 10.1. The van der Waals surface area contributed by atoms with Gasteiger partial charge in [0.05, 0.1) is 0 Å². The van der Waals surface area contributed by atoms with Crippen LogP contribution in [0.1, 0.15) is 85.0 Å². The first-order valence-corrected chi connectivity index (χ1v) is 13.0. The summed E-state index contributed by atoms with van der Waals surface area (Å²) in [5.41, 5.74) is 0. The van der Waals surface area contributed by atoms with Crippen molar-refractivity contribution in [1.29, 1.82) is 0 Å². The van der Waals surface area contributed by atoms with Crippen LogP contribution in [0.15, 0.2) is 12.2 Å². The Hall–Kier alpha value is -0.250. The lowest BCUT2D eigenvalue weighted by Gasteiger charge is -2.28. The minimum Gasteiger partial charge on any atom is -0.273 e. The molecule has 1 N–H and O–H groups in total. The first kappa shape index (κ1) is 24.8. The average Bonchev–Trinajstić information content (AvgIpc) is 2.62. The topological polar surface area (TPSA) is 49.4 Å². The fourth-order valence-electron chi connectivity index (χ4n) is 2.41. The molecule has 0 aromatic carbocycles. The molecule has 2 atom stereocenters. The molecule has 0 aliphatic heterocycles. The van der Waals surface area contributed by atoms with Gasteiger partial charge >= 0.3 is 0 Å². The highest BCUT2D eigenvalue weighted by atomic mass is 32.7. The van der Waals surface area contributed by atoms with E-state index in [4.69, 9.17) is 0 Å². The molecule has 0 rings (SSSR count). The average molecular weight is 391 g/mol. The Morgan fingerprint density at radius 1 is 1.12 bits per heavy atom. The van der Waals surface area contributed by atoms with Gasteiger partial charge in [0.2, 0.25) is 0 Å². The molecule has 0 aromatic rings. The van der Waals surface area contributed by atoms with E-state index >= 15 is 0 Å². The van der Waals surface area contributed by atoms with Crippen LogP contribution in [0, 0.1) is 0 Å². The Labute approximate surface area is 159 Å². The minimum atomic E-state index is -2.90. The van der Waals surface area contributed by atoms with Crippen molar-refractivity contribution in [3.63, 3.8) is 0 Å². The van der Waals surface area contributed by atoms with E-state index in [2.05, 4.69) is 18.9 Å². The molecule has 6 heteroatoms. The Kier molecular flexibility index (Phi) is 14.7. The number of hydrogen-bond acceptors (Lipinski definition) is 3. The number of allylic oxidation sites excluding steroid dienone is 1. The molecule has 0 heterocycles. The molecule has 1 amide bonds. The molecule has 0 radical (unpaired) electrons. The summed E-state index contributed by atoms with van der Waals surface area (Å²) >= 11 is 1.36. The number of nitrogens with one attached hydrogen (secondary N) is 1. The van der Waals surface area contributed by atoms with Crippen LogP contribution in [0.3, 0.4) is 0 Å². The van der Waals surface area contributed by atoms with E-state index in [0.29, 0.717) is 0 Å². The van der Waals surface area contributed by atoms with Crippen LogP contribution in [-0.2, 0) is 9.36 Å². The summed E-state index contributed by atoms with van der Waals surface area (Å²) in [6, 6.07) is 0. The van der Waals surface area contributed by atoms with E-state index in [0.717, 1.165) is 19.3 Å². The van der Waals surface area contributed by atoms with Gasteiger partial charge in [0.25, 0.3) is 12.6 Å². The number of carbonyl (C=O) groups excluding carboxylic acids is 1. The summed E-state index contributed by atoms with van der Waals surface area (Å²) in [6.45, 7) is 3.43. The summed E-state index contributed by atoms with van der Waals surface area (Å²) in [5.74, 6) is -0.187. The fraction of sp³-hybridized carbons (Fsp3) is 0.842. The van der Waals surface area contributed by atoms with Gasteiger partial charge in [0.1, 0.15) is 0 Å². The van der Waals surface area contributed by atoms with Gasteiger partial charge in [-0.3, -0.25) is 14.0 Å². The maximum absolute atomic E-state index is 12.9. The Morgan fingerprint density at radius 3 is 2.20 bits per heavy atom. The van der Waals surface area contributed by atoms with Crippen molar-refractivity contribution in [3.8, 4) is 0 Å². The van der Waals surface area contributed by atoms with Crippen LogP contribution in [0.4, 0.5) is 0 Å². The highest BCUT2D eigenvalue weighted by Gasteiger charge is 2.31. The molecule has 2 unspecified atom stereocenters. The van der Waals surface area contributed by atoms with Gasteiger partial charge in [-0.25, -0.2) is 5.09 Å². The van der Waals surface area contributed by atoms with Crippen molar-refractivity contribution in [2.24, 2.45) is 0 Å². The van der Waals surface area contributed by atoms with E-state index in [1.165, 1.54) is 61.0 Å². The predicted molar refractivity (Wildman–Crippen MR) is 113 cm³/mol. The second kappa shape index (κ2) is 14.9. The smallest absolute Gasteiger partial charge is 0.273 e. The molecule has 0 spiro atoms. The maximum Gasteiger partial charge on any atom is 0.294 e. The summed E-state index contributed by atoms with van der Waals surface area (Å²) in [6.07, 6.45) is 15.6. The number of carbonyl (C=O) groups is 1.